The van der Waals surface area contributed by atoms with Crippen LogP contribution in [0.15, 0.2) is 23.4 Å². The molecule has 0 bridgehead atoms. The van der Waals surface area contributed by atoms with E-state index in [9.17, 15) is 0 Å². The van der Waals surface area contributed by atoms with E-state index >= 15 is 0 Å². The SMILES string of the molecule is CC1=C(N)C=CC(C)(N)C1. The Hall–Kier alpha value is -0.760. The van der Waals surface area contributed by atoms with E-state index < -0.39 is 0 Å². The van der Waals surface area contributed by atoms with Crippen LogP contribution in [0.3, 0.4) is 0 Å². The predicted molar refractivity (Wildman–Crippen MR) is 43.2 cm³/mol. The predicted octanol–water partition coefficient (Wildman–Crippen LogP) is 0.896. The first kappa shape index (κ1) is 7.35. The van der Waals surface area contributed by atoms with E-state index in [1.165, 1.54) is 5.57 Å². The van der Waals surface area contributed by atoms with E-state index in [0.717, 1.165) is 12.1 Å². The zero-order valence-corrected chi connectivity index (χ0v) is 6.52. The van der Waals surface area contributed by atoms with Crippen molar-refractivity contribution in [1.29, 1.82) is 0 Å². The third kappa shape index (κ3) is 1.39. The molecule has 0 heterocycles. The van der Waals surface area contributed by atoms with E-state index in [2.05, 4.69) is 0 Å². The fraction of sp³-hybridized carbons (Fsp3) is 0.500. The minimum atomic E-state index is -0.188. The van der Waals surface area contributed by atoms with Crippen LogP contribution in [0.4, 0.5) is 0 Å². The van der Waals surface area contributed by atoms with Gasteiger partial charge in [0.2, 0.25) is 0 Å². The molecular weight excluding hydrogens is 124 g/mol. The van der Waals surface area contributed by atoms with Crippen molar-refractivity contribution >= 4 is 0 Å². The van der Waals surface area contributed by atoms with Gasteiger partial charge in [-0.1, -0.05) is 6.08 Å². The molecule has 0 saturated carbocycles. The first-order valence-corrected chi connectivity index (χ1v) is 3.45. The Labute approximate surface area is 61.6 Å². The molecule has 0 fully saturated rings. The van der Waals surface area contributed by atoms with Crippen LogP contribution in [0, 0.1) is 0 Å². The Morgan fingerprint density at radius 1 is 1.60 bits per heavy atom. The van der Waals surface area contributed by atoms with Crippen LogP contribution in [0.25, 0.3) is 0 Å². The highest BCUT2D eigenvalue weighted by atomic mass is 14.7. The third-order valence-corrected chi connectivity index (χ3v) is 1.78. The molecule has 1 aliphatic rings. The number of hydrogen-bond acceptors (Lipinski definition) is 2. The molecule has 1 atom stereocenters. The van der Waals surface area contributed by atoms with Crippen LogP contribution < -0.4 is 11.5 Å². The summed E-state index contributed by atoms with van der Waals surface area (Å²) in [6, 6.07) is 0. The normalized spacial score (nSPS) is 33.1. The first-order valence-electron chi connectivity index (χ1n) is 3.45. The molecule has 0 radical (unpaired) electrons. The zero-order valence-electron chi connectivity index (χ0n) is 6.52. The molecule has 56 valence electrons. The summed E-state index contributed by atoms with van der Waals surface area (Å²) >= 11 is 0. The second kappa shape index (κ2) is 2.13. The minimum Gasteiger partial charge on any atom is -0.399 e. The molecule has 1 aliphatic carbocycles. The van der Waals surface area contributed by atoms with Gasteiger partial charge in [-0.2, -0.15) is 0 Å². The monoisotopic (exact) mass is 138 g/mol. The molecular formula is C8H14N2. The summed E-state index contributed by atoms with van der Waals surface area (Å²) in [7, 11) is 0. The Balaban J connectivity index is 2.85. The average Bonchev–Trinajstić information content (AvgIpc) is 1.79. The fourth-order valence-corrected chi connectivity index (χ4v) is 1.15. The van der Waals surface area contributed by atoms with Gasteiger partial charge in [0.1, 0.15) is 0 Å². The van der Waals surface area contributed by atoms with Crippen LogP contribution in [0.1, 0.15) is 20.3 Å². The highest BCUT2D eigenvalue weighted by Gasteiger charge is 2.18. The van der Waals surface area contributed by atoms with Crippen molar-refractivity contribution in [3.63, 3.8) is 0 Å². The summed E-state index contributed by atoms with van der Waals surface area (Å²) in [5, 5.41) is 0. The molecule has 2 nitrogen and oxygen atoms in total. The average molecular weight is 138 g/mol. The second-order valence-electron chi connectivity index (χ2n) is 3.25. The second-order valence-corrected chi connectivity index (χ2v) is 3.25. The summed E-state index contributed by atoms with van der Waals surface area (Å²) in [6.45, 7) is 4.02. The van der Waals surface area contributed by atoms with Crippen molar-refractivity contribution in [2.75, 3.05) is 0 Å². The molecule has 4 N–H and O–H groups in total. The summed E-state index contributed by atoms with van der Waals surface area (Å²) in [4.78, 5) is 0. The van der Waals surface area contributed by atoms with Gasteiger partial charge in [-0.25, -0.2) is 0 Å². The van der Waals surface area contributed by atoms with Gasteiger partial charge in [0, 0.05) is 11.2 Å². The van der Waals surface area contributed by atoms with Crippen LogP contribution >= 0.6 is 0 Å². The van der Waals surface area contributed by atoms with Gasteiger partial charge in [-0.15, -0.1) is 0 Å². The lowest BCUT2D eigenvalue weighted by Gasteiger charge is -2.24. The van der Waals surface area contributed by atoms with Crippen molar-refractivity contribution in [2.24, 2.45) is 11.5 Å². The lowest BCUT2D eigenvalue weighted by Crippen LogP contribution is -2.36. The fourth-order valence-electron chi connectivity index (χ4n) is 1.15. The number of rotatable bonds is 0. The molecule has 0 saturated heterocycles. The van der Waals surface area contributed by atoms with Crippen molar-refractivity contribution < 1.29 is 0 Å². The first-order chi connectivity index (χ1) is 4.51. The van der Waals surface area contributed by atoms with Gasteiger partial charge in [-0.05, 0) is 31.9 Å². The molecule has 2 heteroatoms. The lowest BCUT2D eigenvalue weighted by atomic mass is 9.89. The Kier molecular flexibility index (Phi) is 1.57. The summed E-state index contributed by atoms with van der Waals surface area (Å²) < 4.78 is 0. The lowest BCUT2D eigenvalue weighted by molar-refractivity contribution is 0.567. The molecule has 0 aromatic heterocycles. The van der Waals surface area contributed by atoms with Gasteiger partial charge in [-0.3, -0.25) is 0 Å². The maximum absolute atomic E-state index is 5.85. The smallest absolute Gasteiger partial charge is 0.0352 e. The molecule has 0 aromatic rings. The molecule has 0 spiro atoms. The number of nitrogens with two attached hydrogens (primary N) is 2. The van der Waals surface area contributed by atoms with E-state index in [-0.39, 0.29) is 5.54 Å². The summed E-state index contributed by atoms with van der Waals surface area (Å²) in [5.74, 6) is 0. The minimum absolute atomic E-state index is 0.188. The zero-order chi connectivity index (χ0) is 7.78. The van der Waals surface area contributed by atoms with Crippen LogP contribution in [-0.2, 0) is 0 Å². The Bertz CT molecular complexity index is 199. The van der Waals surface area contributed by atoms with Crippen LogP contribution in [0.2, 0.25) is 0 Å². The standard InChI is InChI=1S/C8H14N2/c1-6-5-8(2,10)4-3-7(6)9/h3-4H,5,9-10H2,1-2H3. The van der Waals surface area contributed by atoms with Gasteiger partial charge in [0.05, 0.1) is 0 Å². The van der Waals surface area contributed by atoms with Gasteiger partial charge < -0.3 is 11.5 Å². The molecule has 10 heavy (non-hydrogen) atoms. The largest absolute Gasteiger partial charge is 0.399 e. The highest BCUT2D eigenvalue weighted by Crippen LogP contribution is 2.21. The van der Waals surface area contributed by atoms with Gasteiger partial charge in [0.15, 0.2) is 0 Å². The topological polar surface area (TPSA) is 52.0 Å². The van der Waals surface area contributed by atoms with E-state index in [1.54, 1.807) is 0 Å². The molecule has 0 aliphatic heterocycles. The molecule has 1 rings (SSSR count). The maximum Gasteiger partial charge on any atom is 0.0352 e. The van der Waals surface area contributed by atoms with E-state index in [0.29, 0.717) is 0 Å². The molecule has 0 amide bonds. The Morgan fingerprint density at radius 3 is 2.60 bits per heavy atom. The quantitative estimate of drug-likeness (QED) is 0.522. The third-order valence-electron chi connectivity index (χ3n) is 1.78. The Morgan fingerprint density at radius 2 is 2.20 bits per heavy atom. The molecule has 0 aromatic carbocycles. The molecule has 1 unspecified atom stereocenters. The highest BCUT2D eigenvalue weighted by molar-refractivity contribution is 5.31. The number of hydrogen-bond donors (Lipinski definition) is 2. The van der Waals surface area contributed by atoms with Crippen molar-refractivity contribution in [1.82, 2.24) is 0 Å². The van der Waals surface area contributed by atoms with Gasteiger partial charge >= 0.3 is 0 Å². The van der Waals surface area contributed by atoms with Crippen LogP contribution in [0.5, 0.6) is 0 Å². The summed E-state index contributed by atoms with van der Waals surface area (Å²) in [6.07, 6.45) is 4.71. The van der Waals surface area contributed by atoms with Crippen LogP contribution in [-0.4, -0.2) is 5.54 Å². The summed E-state index contributed by atoms with van der Waals surface area (Å²) in [5.41, 5.74) is 13.4. The van der Waals surface area contributed by atoms with E-state index in [1.807, 2.05) is 26.0 Å². The van der Waals surface area contributed by atoms with Crippen molar-refractivity contribution in [2.45, 2.75) is 25.8 Å². The van der Waals surface area contributed by atoms with Crippen molar-refractivity contribution in [3.8, 4) is 0 Å². The number of allylic oxidation sites excluding steroid dienone is 1. The van der Waals surface area contributed by atoms with Crippen molar-refractivity contribution in [3.05, 3.63) is 23.4 Å². The van der Waals surface area contributed by atoms with Gasteiger partial charge in [0.25, 0.3) is 0 Å². The maximum atomic E-state index is 5.85. The van der Waals surface area contributed by atoms with E-state index in [4.69, 9.17) is 11.5 Å².